The van der Waals surface area contributed by atoms with Crippen LogP contribution in [0.25, 0.3) is 0 Å². The standard InChI is InChI=1S/C20H20N4O2/c1-14-7-9-18(10-8-14)26-15(2)20(25)23-13-17-11-21-22-24(17)12-16-5-3-4-6-19(16)23/h3-11,15H,12-13H2,1-2H3. The molecule has 2 heterocycles. The number of amides is 1. The molecule has 0 aliphatic carbocycles. The fourth-order valence-corrected chi connectivity index (χ4v) is 3.14. The molecule has 4 rings (SSSR count). The van der Waals surface area contributed by atoms with E-state index >= 15 is 0 Å². The third-order valence-electron chi connectivity index (χ3n) is 4.57. The monoisotopic (exact) mass is 348 g/mol. The first kappa shape index (κ1) is 16.3. The number of hydrogen-bond acceptors (Lipinski definition) is 4. The van der Waals surface area contributed by atoms with Crippen molar-refractivity contribution in [2.24, 2.45) is 0 Å². The third-order valence-corrected chi connectivity index (χ3v) is 4.57. The summed E-state index contributed by atoms with van der Waals surface area (Å²) >= 11 is 0. The lowest BCUT2D eigenvalue weighted by molar-refractivity contribution is -0.124. The van der Waals surface area contributed by atoms with E-state index in [1.54, 1.807) is 18.0 Å². The fraction of sp³-hybridized carbons (Fsp3) is 0.250. The summed E-state index contributed by atoms with van der Waals surface area (Å²) in [7, 11) is 0. The highest BCUT2D eigenvalue weighted by molar-refractivity contribution is 5.97. The van der Waals surface area contributed by atoms with Gasteiger partial charge in [-0.1, -0.05) is 41.1 Å². The maximum atomic E-state index is 13.2. The summed E-state index contributed by atoms with van der Waals surface area (Å²) in [6.45, 7) is 4.82. The van der Waals surface area contributed by atoms with Gasteiger partial charge < -0.3 is 9.64 Å². The van der Waals surface area contributed by atoms with Gasteiger partial charge in [-0.25, -0.2) is 4.68 Å². The van der Waals surface area contributed by atoms with Crippen LogP contribution in [-0.4, -0.2) is 27.0 Å². The number of rotatable bonds is 3. The van der Waals surface area contributed by atoms with E-state index in [9.17, 15) is 4.79 Å². The molecule has 1 aromatic heterocycles. The molecule has 3 aromatic rings. The molecule has 6 heteroatoms. The summed E-state index contributed by atoms with van der Waals surface area (Å²) in [4.78, 5) is 14.9. The van der Waals surface area contributed by atoms with Crippen molar-refractivity contribution in [3.8, 4) is 5.75 Å². The highest BCUT2D eigenvalue weighted by Gasteiger charge is 2.28. The molecule has 1 atom stereocenters. The Morgan fingerprint density at radius 2 is 1.88 bits per heavy atom. The summed E-state index contributed by atoms with van der Waals surface area (Å²) in [6.07, 6.45) is 1.10. The predicted molar refractivity (Wildman–Crippen MR) is 98.0 cm³/mol. The van der Waals surface area contributed by atoms with Crippen molar-refractivity contribution < 1.29 is 9.53 Å². The van der Waals surface area contributed by atoms with Gasteiger partial charge in [-0.2, -0.15) is 0 Å². The number of para-hydroxylation sites is 1. The van der Waals surface area contributed by atoms with Crippen LogP contribution in [0.2, 0.25) is 0 Å². The average Bonchev–Trinajstić information content (AvgIpc) is 3.02. The molecule has 132 valence electrons. The Morgan fingerprint density at radius 3 is 2.69 bits per heavy atom. The van der Waals surface area contributed by atoms with E-state index in [-0.39, 0.29) is 5.91 Å². The van der Waals surface area contributed by atoms with Gasteiger partial charge in [-0.05, 0) is 37.6 Å². The zero-order chi connectivity index (χ0) is 18.1. The molecule has 1 aliphatic rings. The number of fused-ring (bicyclic) bond motifs is 2. The molecule has 1 unspecified atom stereocenters. The second-order valence-corrected chi connectivity index (χ2v) is 6.51. The van der Waals surface area contributed by atoms with Gasteiger partial charge in [0.1, 0.15) is 5.75 Å². The van der Waals surface area contributed by atoms with E-state index in [0.717, 1.165) is 22.5 Å². The number of anilines is 1. The molecule has 1 amide bonds. The Balaban J connectivity index is 1.62. The summed E-state index contributed by atoms with van der Waals surface area (Å²) < 4.78 is 7.71. The normalized spacial score (nSPS) is 14.2. The second kappa shape index (κ2) is 6.63. The zero-order valence-corrected chi connectivity index (χ0v) is 14.8. The fourth-order valence-electron chi connectivity index (χ4n) is 3.14. The van der Waals surface area contributed by atoms with Crippen LogP contribution in [0.4, 0.5) is 5.69 Å². The predicted octanol–water partition coefficient (Wildman–Crippen LogP) is 2.95. The maximum Gasteiger partial charge on any atom is 0.268 e. The Hall–Kier alpha value is -3.15. The highest BCUT2D eigenvalue weighted by atomic mass is 16.5. The molecular formula is C20H20N4O2. The first-order valence-electron chi connectivity index (χ1n) is 8.62. The first-order chi connectivity index (χ1) is 12.6. The Kier molecular flexibility index (Phi) is 4.16. The third kappa shape index (κ3) is 3.06. The van der Waals surface area contributed by atoms with Crippen LogP contribution in [-0.2, 0) is 17.9 Å². The van der Waals surface area contributed by atoms with Crippen molar-refractivity contribution in [1.82, 2.24) is 15.0 Å². The molecule has 0 saturated heterocycles. The number of carbonyl (C=O) groups excluding carboxylic acids is 1. The summed E-state index contributed by atoms with van der Waals surface area (Å²) in [5.74, 6) is 0.596. The van der Waals surface area contributed by atoms with E-state index < -0.39 is 6.10 Å². The molecule has 26 heavy (non-hydrogen) atoms. The van der Waals surface area contributed by atoms with Gasteiger partial charge in [0.15, 0.2) is 6.10 Å². The van der Waals surface area contributed by atoms with Crippen LogP contribution in [0.1, 0.15) is 23.7 Å². The lowest BCUT2D eigenvalue weighted by Crippen LogP contribution is -2.40. The van der Waals surface area contributed by atoms with Gasteiger partial charge in [0.25, 0.3) is 5.91 Å². The van der Waals surface area contributed by atoms with Crippen molar-refractivity contribution in [3.05, 3.63) is 71.5 Å². The lowest BCUT2D eigenvalue weighted by atomic mass is 10.1. The van der Waals surface area contributed by atoms with Crippen LogP contribution in [0.15, 0.2) is 54.7 Å². The van der Waals surface area contributed by atoms with E-state index in [4.69, 9.17) is 4.74 Å². The largest absolute Gasteiger partial charge is 0.481 e. The minimum Gasteiger partial charge on any atom is -0.481 e. The van der Waals surface area contributed by atoms with E-state index in [1.807, 2.05) is 60.1 Å². The van der Waals surface area contributed by atoms with Gasteiger partial charge in [-0.3, -0.25) is 4.79 Å². The van der Waals surface area contributed by atoms with Crippen LogP contribution in [0.5, 0.6) is 5.75 Å². The summed E-state index contributed by atoms with van der Waals surface area (Å²) in [5, 5.41) is 8.10. The van der Waals surface area contributed by atoms with Crippen LogP contribution in [0, 0.1) is 6.92 Å². The van der Waals surface area contributed by atoms with E-state index in [2.05, 4.69) is 10.3 Å². The SMILES string of the molecule is Cc1ccc(OC(C)C(=O)N2Cc3cnnn3Cc3ccccc32)cc1. The Morgan fingerprint density at radius 1 is 1.12 bits per heavy atom. The van der Waals surface area contributed by atoms with Gasteiger partial charge in [0, 0.05) is 5.69 Å². The highest BCUT2D eigenvalue weighted by Crippen LogP contribution is 2.28. The van der Waals surface area contributed by atoms with Gasteiger partial charge in [0.05, 0.1) is 25.0 Å². The van der Waals surface area contributed by atoms with E-state index in [0.29, 0.717) is 18.8 Å². The topological polar surface area (TPSA) is 60.2 Å². The van der Waals surface area contributed by atoms with Gasteiger partial charge >= 0.3 is 0 Å². The zero-order valence-electron chi connectivity index (χ0n) is 14.8. The van der Waals surface area contributed by atoms with Crippen LogP contribution >= 0.6 is 0 Å². The molecule has 0 spiro atoms. The van der Waals surface area contributed by atoms with E-state index in [1.165, 1.54) is 0 Å². The smallest absolute Gasteiger partial charge is 0.268 e. The molecule has 0 saturated carbocycles. The molecular weight excluding hydrogens is 328 g/mol. The Bertz CT molecular complexity index is 933. The maximum absolute atomic E-state index is 13.2. The van der Waals surface area contributed by atoms with Crippen molar-refractivity contribution in [2.75, 3.05) is 4.90 Å². The number of ether oxygens (including phenoxy) is 1. The first-order valence-corrected chi connectivity index (χ1v) is 8.62. The van der Waals surface area contributed by atoms with Crippen LogP contribution < -0.4 is 9.64 Å². The van der Waals surface area contributed by atoms with Crippen molar-refractivity contribution in [3.63, 3.8) is 0 Å². The van der Waals surface area contributed by atoms with Gasteiger partial charge in [0.2, 0.25) is 0 Å². The molecule has 2 aromatic carbocycles. The van der Waals surface area contributed by atoms with Crippen molar-refractivity contribution in [1.29, 1.82) is 0 Å². The molecule has 0 N–H and O–H groups in total. The number of aryl methyl sites for hydroxylation is 1. The number of hydrogen-bond donors (Lipinski definition) is 0. The molecule has 0 bridgehead atoms. The number of nitrogens with zero attached hydrogens (tertiary/aromatic N) is 4. The van der Waals surface area contributed by atoms with Crippen LogP contribution in [0.3, 0.4) is 0 Å². The number of benzene rings is 2. The summed E-state index contributed by atoms with van der Waals surface area (Å²) in [6, 6.07) is 15.6. The molecule has 6 nitrogen and oxygen atoms in total. The minimum atomic E-state index is -0.604. The second-order valence-electron chi connectivity index (χ2n) is 6.51. The molecule has 0 radical (unpaired) electrons. The number of aromatic nitrogens is 3. The lowest BCUT2D eigenvalue weighted by Gasteiger charge is -2.26. The van der Waals surface area contributed by atoms with Crippen molar-refractivity contribution in [2.45, 2.75) is 33.0 Å². The summed E-state index contributed by atoms with van der Waals surface area (Å²) in [5.41, 5.74) is 3.98. The quantitative estimate of drug-likeness (QED) is 0.730. The minimum absolute atomic E-state index is 0.0901. The average molecular weight is 348 g/mol. The van der Waals surface area contributed by atoms with Crippen molar-refractivity contribution >= 4 is 11.6 Å². The molecule has 1 aliphatic heterocycles. The van der Waals surface area contributed by atoms with Gasteiger partial charge in [-0.15, -0.1) is 5.10 Å². The number of carbonyl (C=O) groups is 1. The Labute approximate surface area is 152 Å². The molecule has 0 fully saturated rings.